The first-order chi connectivity index (χ1) is 18.3. The van der Waals surface area contributed by atoms with Crippen LogP contribution in [0.4, 0.5) is 34.5 Å². The number of hydrogen-bond donors (Lipinski definition) is 2. The Morgan fingerprint density at radius 3 is 2.38 bits per heavy atom. The van der Waals surface area contributed by atoms with Gasteiger partial charge in [-0.1, -0.05) is 36.3 Å². The fourth-order valence-electron chi connectivity index (χ4n) is 4.27. The molecule has 1 aromatic carbocycles. The van der Waals surface area contributed by atoms with Gasteiger partial charge in [-0.3, -0.25) is 14.8 Å². The highest BCUT2D eigenvalue weighted by Crippen LogP contribution is 2.37. The van der Waals surface area contributed by atoms with Crippen LogP contribution >= 0.6 is 11.3 Å². The number of alkyl halides is 3. The molecule has 2 amide bonds. The number of anilines is 3. The lowest BCUT2D eigenvalue weighted by atomic mass is 10.1. The molecule has 0 saturated carbocycles. The summed E-state index contributed by atoms with van der Waals surface area (Å²) < 4.78 is 47.0. The predicted octanol–water partition coefficient (Wildman–Crippen LogP) is 6.54. The van der Waals surface area contributed by atoms with Gasteiger partial charge in [-0.2, -0.15) is 18.3 Å². The molecule has 13 heteroatoms. The van der Waals surface area contributed by atoms with E-state index in [-0.39, 0.29) is 21.3 Å². The third kappa shape index (κ3) is 7.08. The molecular formula is C26H31F3N6O3S. The highest BCUT2D eigenvalue weighted by molar-refractivity contribution is 7.19. The molecule has 3 heterocycles. The van der Waals surface area contributed by atoms with Crippen molar-refractivity contribution in [3.63, 3.8) is 0 Å². The van der Waals surface area contributed by atoms with Gasteiger partial charge in [0.25, 0.3) is 5.91 Å². The molecule has 210 valence electrons. The molecule has 1 aliphatic rings. The van der Waals surface area contributed by atoms with Gasteiger partial charge in [-0.05, 0) is 45.7 Å². The van der Waals surface area contributed by atoms with Gasteiger partial charge in [0.05, 0.1) is 11.8 Å². The van der Waals surface area contributed by atoms with Crippen molar-refractivity contribution in [1.82, 2.24) is 14.8 Å². The molecule has 9 nitrogen and oxygen atoms in total. The lowest BCUT2D eigenvalue weighted by Gasteiger charge is -2.24. The van der Waals surface area contributed by atoms with Gasteiger partial charge in [-0.25, -0.2) is 9.78 Å². The van der Waals surface area contributed by atoms with Gasteiger partial charge < -0.3 is 15.0 Å². The molecule has 1 saturated heterocycles. The summed E-state index contributed by atoms with van der Waals surface area (Å²) in [6.45, 7) is 6.71. The number of aryl methyl sites for hydroxylation is 1. The monoisotopic (exact) mass is 564 g/mol. The SMILES string of the molecule is Cn1ncc(NC(=O)c2nc(-c3cccc(C(F)(F)F)c3)sc2NC(=O)OC(C)(C)C)c1N1CCCCCC1. The van der Waals surface area contributed by atoms with E-state index < -0.39 is 29.3 Å². The topological polar surface area (TPSA) is 101 Å². The Balaban J connectivity index is 1.68. The summed E-state index contributed by atoms with van der Waals surface area (Å²) in [5, 5.41) is 9.87. The fraction of sp³-hybridized carbons (Fsp3) is 0.462. The van der Waals surface area contributed by atoms with Crippen LogP contribution in [0.3, 0.4) is 0 Å². The quantitative estimate of drug-likeness (QED) is 0.365. The minimum atomic E-state index is -4.55. The highest BCUT2D eigenvalue weighted by atomic mass is 32.1. The number of amides is 2. The largest absolute Gasteiger partial charge is 0.444 e. The average Bonchev–Trinajstić information content (AvgIpc) is 3.30. The minimum Gasteiger partial charge on any atom is -0.444 e. The van der Waals surface area contributed by atoms with Gasteiger partial charge in [0, 0.05) is 25.7 Å². The van der Waals surface area contributed by atoms with Crippen LogP contribution in [0.5, 0.6) is 0 Å². The zero-order valence-electron chi connectivity index (χ0n) is 22.2. The standard InChI is InChI=1S/C26H31F3N6O3S/c1-25(2,3)38-24(37)33-22-19(32-21(39-22)16-10-9-11-17(14-16)26(27,28)29)20(36)31-18-15-30-34(4)23(18)35-12-7-5-6-8-13-35/h9-11,14-15H,5-8,12-13H2,1-4H3,(H,31,36)(H,33,37). The van der Waals surface area contributed by atoms with Crippen LogP contribution in [0.1, 0.15) is 62.5 Å². The number of halogens is 3. The van der Waals surface area contributed by atoms with Crippen molar-refractivity contribution >= 4 is 39.8 Å². The molecule has 39 heavy (non-hydrogen) atoms. The molecule has 0 radical (unpaired) electrons. The molecule has 2 N–H and O–H groups in total. The van der Waals surface area contributed by atoms with Crippen LogP contribution < -0.4 is 15.5 Å². The van der Waals surface area contributed by atoms with Gasteiger partial charge in [0.1, 0.15) is 21.3 Å². The maximum atomic E-state index is 13.5. The Morgan fingerprint density at radius 1 is 1.05 bits per heavy atom. The van der Waals surface area contributed by atoms with Crippen LogP contribution in [0.25, 0.3) is 10.6 Å². The molecule has 0 bridgehead atoms. The number of nitrogens with zero attached hydrogens (tertiary/aromatic N) is 4. The predicted molar refractivity (Wildman–Crippen MR) is 144 cm³/mol. The molecule has 2 aromatic heterocycles. The molecular weight excluding hydrogens is 533 g/mol. The number of carbonyl (C=O) groups is 2. The minimum absolute atomic E-state index is 0.0503. The van der Waals surface area contributed by atoms with Gasteiger partial charge in [0.15, 0.2) is 11.5 Å². The number of ether oxygens (including phenoxy) is 1. The highest BCUT2D eigenvalue weighted by Gasteiger charge is 2.31. The van der Waals surface area contributed by atoms with Crippen LogP contribution in [-0.4, -0.2) is 45.5 Å². The zero-order chi connectivity index (χ0) is 28.4. The fourth-order valence-corrected chi connectivity index (χ4v) is 5.21. The Morgan fingerprint density at radius 2 is 1.74 bits per heavy atom. The number of thiazole rings is 1. The third-order valence-corrected chi connectivity index (χ3v) is 6.97. The van der Waals surface area contributed by atoms with Crippen molar-refractivity contribution in [1.29, 1.82) is 0 Å². The van der Waals surface area contributed by atoms with Crippen LogP contribution in [0.15, 0.2) is 30.5 Å². The zero-order valence-corrected chi connectivity index (χ0v) is 23.0. The first kappa shape index (κ1) is 28.4. The second-order valence-electron chi connectivity index (χ2n) is 10.3. The Bertz CT molecular complexity index is 1340. The number of benzene rings is 1. The van der Waals surface area contributed by atoms with E-state index in [0.29, 0.717) is 5.69 Å². The normalized spacial score (nSPS) is 14.6. The molecule has 1 fully saturated rings. The summed E-state index contributed by atoms with van der Waals surface area (Å²) in [6.07, 6.45) is 0.486. The Hall–Kier alpha value is -3.61. The van der Waals surface area contributed by atoms with Crippen molar-refractivity contribution in [2.45, 2.75) is 58.2 Å². The second kappa shape index (κ2) is 11.2. The first-order valence-corrected chi connectivity index (χ1v) is 13.4. The second-order valence-corrected chi connectivity index (χ2v) is 11.3. The summed E-state index contributed by atoms with van der Waals surface area (Å²) in [7, 11) is 1.79. The van der Waals surface area contributed by atoms with Crippen molar-refractivity contribution in [3.05, 3.63) is 41.7 Å². The Kier molecular flexibility index (Phi) is 8.19. The van der Waals surface area contributed by atoms with E-state index in [9.17, 15) is 22.8 Å². The number of aromatic nitrogens is 3. The Labute approximate surface area is 228 Å². The van der Waals surface area contributed by atoms with E-state index in [2.05, 4.69) is 25.6 Å². The molecule has 0 atom stereocenters. The molecule has 4 rings (SSSR count). The summed E-state index contributed by atoms with van der Waals surface area (Å²) >= 11 is 0.883. The van der Waals surface area contributed by atoms with Gasteiger partial charge >= 0.3 is 12.3 Å². The summed E-state index contributed by atoms with van der Waals surface area (Å²) in [5.41, 5.74) is -1.17. The molecule has 0 aliphatic carbocycles. The number of carbonyl (C=O) groups excluding carboxylic acids is 2. The van der Waals surface area contributed by atoms with Crippen molar-refractivity contribution in [2.24, 2.45) is 7.05 Å². The number of rotatable bonds is 5. The van der Waals surface area contributed by atoms with E-state index in [0.717, 1.165) is 68.1 Å². The van der Waals surface area contributed by atoms with Crippen molar-refractivity contribution in [3.8, 4) is 10.6 Å². The summed E-state index contributed by atoms with van der Waals surface area (Å²) in [5.74, 6) is 0.111. The molecule has 3 aromatic rings. The van der Waals surface area contributed by atoms with Gasteiger partial charge in [-0.15, -0.1) is 0 Å². The van der Waals surface area contributed by atoms with E-state index in [1.165, 1.54) is 12.1 Å². The molecule has 0 unspecified atom stereocenters. The maximum absolute atomic E-state index is 13.5. The lowest BCUT2D eigenvalue weighted by molar-refractivity contribution is -0.137. The van der Waals surface area contributed by atoms with Crippen LogP contribution in [0.2, 0.25) is 0 Å². The molecule has 1 aliphatic heterocycles. The smallest absolute Gasteiger partial charge is 0.416 e. The van der Waals surface area contributed by atoms with Crippen molar-refractivity contribution in [2.75, 3.05) is 28.6 Å². The van der Waals surface area contributed by atoms with Crippen LogP contribution in [0, 0.1) is 0 Å². The van der Waals surface area contributed by atoms with Crippen LogP contribution in [-0.2, 0) is 18.0 Å². The average molecular weight is 565 g/mol. The first-order valence-electron chi connectivity index (χ1n) is 12.6. The van der Waals surface area contributed by atoms with E-state index in [4.69, 9.17) is 4.74 Å². The number of nitrogens with one attached hydrogen (secondary N) is 2. The van der Waals surface area contributed by atoms with Gasteiger partial charge in [0.2, 0.25) is 0 Å². The third-order valence-electron chi connectivity index (χ3n) is 5.95. The maximum Gasteiger partial charge on any atom is 0.416 e. The summed E-state index contributed by atoms with van der Waals surface area (Å²) in [6, 6.07) is 4.64. The van der Waals surface area contributed by atoms with E-state index >= 15 is 0 Å². The lowest BCUT2D eigenvalue weighted by Crippen LogP contribution is -2.28. The number of hydrogen-bond acceptors (Lipinski definition) is 7. The summed E-state index contributed by atoms with van der Waals surface area (Å²) in [4.78, 5) is 32.5. The van der Waals surface area contributed by atoms with Crippen molar-refractivity contribution < 1.29 is 27.5 Å². The van der Waals surface area contributed by atoms with E-state index in [1.54, 1.807) is 38.7 Å². The molecule has 0 spiro atoms. The van der Waals surface area contributed by atoms with E-state index in [1.807, 2.05) is 0 Å².